The van der Waals surface area contributed by atoms with Gasteiger partial charge in [-0.1, -0.05) is 24.9 Å². The number of piperidine rings is 1. The van der Waals surface area contributed by atoms with E-state index in [1.165, 1.54) is 0 Å². The molecule has 0 bridgehead atoms. The number of likely N-dealkylation sites (tertiary alicyclic amines) is 1. The van der Waals surface area contributed by atoms with Gasteiger partial charge in [-0.05, 0) is 43.5 Å². The van der Waals surface area contributed by atoms with Gasteiger partial charge in [0.1, 0.15) is 6.04 Å². The lowest BCUT2D eigenvalue weighted by Crippen LogP contribution is -2.49. The van der Waals surface area contributed by atoms with Crippen molar-refractivity contribution < 1.29 is 19.5 Å². The van der Waals surface area contributed by atoms with Gasteiger partial charge in [0.2, 0.25) is 5.91 Å². The molecule has 2 atom stereocenters. The zero-order valence-electron chi connectivity index (χ0n) is 14.2. The molecule has 1 aromatic carbocycles. The highest BCUT2D eigenvalue weighted by Gasteiger charge is 2.31. The summed E-state index contributed by atoms with van der Waals surface area (Å²) in [6, 6.07) is 5.77. The zero-order valence-corrected chi connectivity index (χ0v) is 15.0. The van der Waals surface area contributed by atoms with Gasteiger partial charge >= 0.3 is 5.97 Å². The number of carbonyl (C=O) groups is 3. The second kappa shape index (κ2) is 8.85. The van der Waals surface area contributed by atoms with E-state index in [0.717, 1.165) is 0 Å². The van der Waals surface area contributed by atoms with Crippen LogP contribution in [0.15, 0.2) is 24.3 Å². The Labute approximate surface area is 152 Å². The van der Waals surface area contributed by atoms with Crippen LogP contribution < -0.4 is 5.32 Å². The molecule has 0 radical (unpaired) electrons. The Kier molecular flexibility index (Phi) is 6.82. The monoisotopic (exact) mass is 366 g/mol. The maximum atomic E-state index is 12.6. The largest absolute Gasteiger partial charge is 0.480 e. The van der Waals surface area contributed by atoms with Gasteiger partial charge in [0, 0.05) is 23.7 Å². The first kappa shape index (κ1) is 19.2. The summed E-state index contributed by atoms with van der Waals surface area (Å²) in [4.78, 5) is 37.8. The standard InChI is InChI=1S/C18H23ClN2O4/c1-2-4-15(18(24)25)20-16(22)13-5-3-10-21(11-13)17(23)12-6-8-14(19)9-7-12/h6-9,13,15H,2-5,10-11H2,1H3,(H,20,22)(H,24,25). The molecule has 2 unspecified atom stereocenters. The molecule has 1 aromatic rings. The molecule has 25 heavy (non-hydrogen) atoms. The summed E-state index contributed by atoms with van der Waals surface area (Å²) < 4.78 is 0. The van der Waals surface area contributed by atoms with Crippen LogP contribution in [-0.4, -0.2) is 46.9 Å². The van der Waals surface area contributed by atoms with E-state index in [0.29, 0.717) is 49.4 Å². The number of carbonyl (C=O) groups excluding carboxylic acids is 2. The van der Waals surface area contributed by atoms with Crippen LogP contribution in [0.3, 0.4) is 0 Å². The number of hydrogen-bond donors (Lipinski definition) is 2. The molecule has 2 rings (SSSR count). The third-order valence-electron chi connectivity index (χ3n) is 4.36. The Hall–Kier alpha value is -2.08. The first-order chi connectivity index (χ1) is 11.9. The van der Waals surface area contributed by atoms with Crippen molar-refractivity contribution in [3.63, 3.8) is 0 Å². The maximum absolute atomic E-state index is 12.6. The molecule has 1 heterocycles. The number of halogens is 1. The normalized spacial score (nSPS) is 18.5. The molecule has 136 valence electrons. The summed E-state index contributed by atoms with van der Waals surface area (Å²) >= 11 is 5.84. The van der Waals surface area contributed by atoms with Crippen LogP contribution in [0, 0.1) is 5.92 Å². The number of amides is 2. The molecular formula is C18H23ClN2O4. The van der Waals surface area contributed by atoms with Crippen molar-refractivity contribution in [3.8, 4) is 0 Å². The van der Waals surface area contributed by atoms with E-state index < -0.39 is 12.0 Å². The predicted octanol–water partition coefficient (Wildman–Crippen LogP) is 2.56. The molecular weight excluding hydrogens is 344 g/mol. The van der Waals surface area contributed by atoms with E-state index in [9.17, 15) is 19.5 Å². The molecule has 6 nitrogen and oxygen atoms in total. The van der Waals surface area contributed by atoms with Crippen molar-refractivity contribution in [1.82, 2.24) is 10.2 Å². The van der Waals surface area contributed by atoms with E-state index in [-0.39, 0.29) is 17.7 Å². The SMILES string of the molecule is CCCC(NC(=O)C1CCCN(C(=O)c2ccc(Cl)cc2)C1)C(=O)O. The third-order valence-corrected chi connectivity index (χ3v) is 4.61. The number of nitrogens with one attached hydrogen (secondary N) is 1. The second-order valence-corrected chi connectivity index (χ2v) is 6.72. The van der Waals surface area contributed by atoms with Crippen LogP contribution in [-0.2, 0) is 9.59 Å². The number of rotatable bonds is 6. The van der Waals surface area contributed by atoms with Gasteiger partial charge < -0.3 is 15.3 Å². The highest BCUT2D eigenvalue weighted by Crippen LogP contribution is 2.20. The van der Waals surface area contributed by atoms with E-state index in [1.807, 2.05) is 6.92 Å². The summed E-state index contributed by atoms with van der Waals surface area (Å²) in [7, 11) is 0. The average Bonchev–Trinajstić information content (AvgIpc) is 2.61. The van der Waals surface area contributed by atoms with E-state index >= 15 is 0 Å². The topological polar surface area (TPSA) is 86.7 Å². The van der Waals surface area contributed by atoms with Crippen LogP contribution in [0.2, 0.25) is 5.02 Å². The van der Waals surface area contributed by atoms with Gasteiger partial charge in [-0.3, -0.25) is 9.59 Å². The third kappa shape index (κ3) is 5.19. The lowest BCUT2D eigenvalue weighted by molar-refractivity contribution is -0.143. The molecule has 1 aliphatic heterocycles. The van der Waals surface area contributed by atoms with Crippen LogP contribution in [0.4, 0.5) is 0 Å². The molecule has 0 aromatic heterocycles. The van der Waals surface area contributed by atoms with E-state index in [1.54, 1.807) is 29.2 Å². The van der Waals surface area contributed by atoms with Crippen LogP contribution >= 0.6 is 11.6 Å². The zero-order chi connectivity index (χ0) is 18.4. The highest BCUT2D eigenvalue weighted by molar-refractivity contribution is 6.30. The predicted molar refractivity (Wildman–Crippen MR) is 94.6 cm³/mol. The number of benzene rings is 1. The summed E-state index contributed by atoms with van der Waals surface area (Å²) in [6.45, 7) is 2.75. The fourth-order valence-electron chi connectivity index (χ4n) is 2.99. The van der Waals surface area contributed by atoms with Crippen molar-refractivity contribution in [1.29, 1.82) is 0 Å². The Morgan fingerprint density at radius 1 is 1.32 bits per heavy atom. The molecule has 0 spiro atoms. The second-order valence-electron chi connectivity index (χ2n) is 6.29. The van der Waals surface area contributed by atoms with Crippen molar-refractivity contribution in [2.45, 2.75) is 38.6 Å². The Morgan fingerprint density at radius 3 is 2.60 bits per heavy atom. The van der Waals surface area contributed by atoms with E-state index in [4.69, 9.17) is 11.6 Å². The van der Waals surface area contributed by atoms with Crippen molar-refractivity contribution in [3.05, 3.63) is 34.9 Å². The number of carboxylic acids is 1. The smallest absolute Gasteiger partial charge is 0.326 e. The maximum Gasteiger partial charge on any atom is 0.326 e. The summed E-state index contributed by atoms with van der Waals surface area (Å²) in [5.41, 5.74) is 0.528. The number of carboxylic acid groups (broad SMARTS) is 1. The quantitative estimate of drug-likeness (QED) is 0.810. The Bertz CT molecular complexity index is 632. The summed E-state index contributed by atoms with van der Waals surface area (Å²) in [5.74, 6) is -1.85. The van der Waals surface area contributed by atoms with Crippen molar-refractivity contribution >= 4 is 29.4 Å². The highest BCUT2D eigenvalue weighted by atomic mass is 35.5. The van der Waals surface area contributed by atoms with Crippen LogP contribution in [0.25, 0.3) is 0 Å². The number of hydrogen-bond acceptors (Lipinski definition) is 3. The summed E-state index contributed by atoms with van der Waals surface area (Å²) in [6.07, 6.45) is 2.42. The molecule has 7 heteroatoms. The van der Waals surface area contributed by atoms with Crippen LogP contribution in [0.5, 0.6) is 0 Å². The van der Waals surface area contributed by atoms with Crippen molar-refractivity contribution in [2.75, 3.05) is 13.1 Å². The lowest BCUT2D eigenvalue weighted by Gasteiger charge is -2.32. The van der Waals surface area contributed by atoms with E-state index in [2.05, 4.69) is 5.32 Å². The minimum absolute atomic E-state index is 0.141. The van der Waals surface area contributed by atoms with Crippen molar-refractivity contribution in [2.24, 2.45) is 5.92 Å². The van der Waals surface area contributed by atoms with Gasteiger partial charge in [0.15, 0.2) is 0 Å². The molecule has 1 aliphatic rings. The summed E-state index contributed by atoms with van der Waals surface area (Å²) in [5, 5.41) is 12.3. The Morgan fingerprint density at radius 2 is 2.00 bits per heavy atom. The molecule has 2 N–H and O–H groups in total. The Balaban J connectivity index is 1.99. The fraction of sp³-hybridized carbons (Fsp3) is 0.500. The van der Waals surface area contributed by atoms with Gasteiger partial charge in [-0.25, -0.2) is 4.79 Å². The minimum Gasteiger partial charge on any atom is -0.480 e. The first-order valence-corrected chi connectivity index (χ1v) is 8.88. The van der Waals surface area contributed by atoms with Gasteiger partial charge in [0.05, 0.1) is 5.92 Å². The lowest BCUT2D eigenvalue weighted by atomic mass is 9.96. The average molecular weight is 367 g/mol. The fourth-order valence-corrected chi connectivity index (χ4v) is 3.11. The molecule has 0 saturated carbocycles. The van der Waals surface area contributed by atoms with Crippen LogP contribution in [0.1, 0.15) is 43.0 Å². The molecule has 2 amide bonds. The van der Waals surface area contributed by atoms with Gasteiger partial charge in [-0.2, -0.15) is 0 Å². The minimum atomic E-state index is -1.03. The molecule has 1 saturated heterocycles. The number of aliphatic carboxylic acids is 1. The van der Waals surface area contributed by atoms with Gasteiger partial charge in [0.25, 0.3) is 5.91 Å². The molecule has 1 fully saturated rings. The number of nitrogens with zero attached hydrogens (tertiary/aromatic N) is 1. The first-order valence-electron chi connectivity index (χ1n) is 8.50. The van der Waals surface area contributed by atoms with Gasteiger partial charge in [-0.15, -0.1) is 0 Å². The molecule has 0 aliphatic carbocycles.